The van der Waals surface area contributed by atoms with E-state index in [-0.39, 0.29) is 0 Å². The molecule has 0 fully saturated rings. The van der Waals surface area contributed by atoms with Crippen molar-refractivity contribution in [1.29, 1.82) is 0 Å². The van der Waals surface area contributed by atoms with E-state index in [0.29, 0.717) is 12.2 Å². The molecule has 0 spiro atoms. The van der Waals surface area contributed by atoms with Gasteiger partial charge in [0, 0.05) is 0 Å². The molecule has 3 amide bonds. The molecule has 0 saturated heterocycles. The summed E-state index contributed by atoms with van der Waals surface area (Å²) in [5, 5.41) is 23.0. The number of thioether (sulfide) groups is 1. The molecule has 0 aliphatic rings. The summed E-state index contributed by atoms with van der Waals surface area (Å²) in [5.41, 5.74) is 3.88. The van der Waals surface area contributed by atoms with E-state index in [4.69, 9.17) is 15.9 Å². The van der Waals surface area contributed by atoms with Gasteiger partial charge in [-0.15, -0.1) is 0 Å². The summed E-state index contributed by atoms with van der Waals surface area (Å²) in [6.07, 6.45) is 2.30. The molecule has 0 aromatic rings. The zero-order chi connectivity index (χ0) is 14.2. The molecule has 0 bridgehead atoms. The Balaban J connectivity index is 4.58. The van der Waals surface area contributed by atoms with Crippen LogP contribution < -0.4 is 16.4 Å². The molecule has 18 heavy (non-hydrogen) atoms. The first kappa shape index (κ1) is 17.0. The van der Waals surface area contributed by atoms with E-state index in [0.717, 1.165) is 0 Å². The number of hydrogen-bond donors (Lipinski definition) is 5. The van der Waals surface area contributed by atoms with Crippen LogP contribution in [0.4, 0.5) is 4.79 Å². The van der Waals surface area contributed by atoms with E-state index in [9.17, 15) is 9.59 Å². The van der Waals surface area contributed by atoms with Crippen molar-refractivity contribution in [2.24, 2.45) is 5.73 Å². The van der Waals surface area contributed by atoms with E-state index in [1.54, 1.807) is 0 Å². The molecule has 0 heterocycles. The summed E-state index contributed by atoms with van der Waals surface area (Å²) in [6, 6.07) is -1.56. The molecule has 6 N–H and O–H groups in total. The lowest BCUT2D eigenvalue weighted by Gasteiger charge is -2.28. The summed E-state index contributed by atoms with van der Waals surface area (Å²) in [6.45, 7) is 0.697. The van der Waals surface area contributed by atoms with Gasteiger partial charge < -0.3 is 26.6 Å². The predicted molar refractivity (Wildman–Crippen MR) is 70.2 cm³/mol. The van der Waals surface area contributed by atoms with E-state index < -0.39 is 36.7 Å². The molecule has 0 aromatic heterocycles. The Bertz CT molecular complexity index is 284. The number of carbonyl (C=O) groups excluding carboxylic acids is 2. The van der Waals surface area contributed by atoms with Gasteiger partial charge in [0.25, 0.3) is 0 Å². The lowest BCUT2D eigenvalue weighted by atomic mass is 10.0. The molecule has 7 nitrogen and oxygen atoms in total. The van der Waals surface area contributed by atoms with Gasteiger partial charge >= 0.3 is 6.03 Å². The highest BCUT2D eigenvalue weighted by molar-refractivity contribution is 7.98. The van der Waals surface area contributed by atoms with Crippen molar-refractivity contribution in [2.45, 2.75) is 24.9 Å². The van der Waals surface area contributed by atoms with Crippen LogP contribution in [0.3, 0.4) is 0 Å². The SMILES string of the molecule is CSCCC(NC(N)=O)C(=O)NC(C)(CO)CO. The highest BCUT2D eigenvalue weighted by Gasteiger charge is 2.28. The van der Waals surface area contributed by atoms with Crippen LogP contribution in [-0.2, 0) is 4.79 Å². The van der Waals surface area contributed by atoms with Gasteiger partial charge in [-0.3, -0.25) is 4.79 Å². The molecule has 0 rings (SSSR count). The van der Waals surface area contributed by atoms with Crippen LogP contribution in [0.1, 0.15) is 13.3 Å². The summed E-state index contributed by atoms with van der Waals surface area (Å²) in [5.74, 6) is 0.196. The van der Waals surface area contributed by atoms with E-state index in [1.807, 2.05) is 6.26 Å². The van der Waals surface area contributed by atoms with E-state index >= 15 is 0 Å². The van der Waals surface area contributed by atoms with Crippen LogP contribution in [0.2, 0.25) is 0 Å². The third-order valence-electron chi connectivity index (χ3n) is 2.37. The monoisotopic (exact) mass is 279 g/mol. The van der Waals surface area contributed by atoms with Crippen LogP contribution in [-0.4, -0.2) is 59.0 Å². The zero-order valence-corrected chi connectivity index (χ0v) is 11.4. The van der Waals surface area contributed by atoms with E-state index in [1.165, 1.54) is 18.7 Å². The molecule has 0 aromatic carbocycles. The molecule has 0 aliphatic carbocycles. The van der Waals surface area contributed by atoms with Gasteiger partial charge in [-0.25, -0.2) is 4.79 Å². The van der Waals surface area contributed by atoms with Gasteiger partial charge in [0.15, 0.2) is 0 Å². The Morgan fingerprint density at radius 1 is 1.39 bits per heavy atom. The van der Waals surface area contributed by atoms with Crippen LogP contribution in [0, 0.1) is 0 Å². The van der Waals surface area contributed by atoms with Crippen molar-refractivity contribution >= 4 is 23.7 Å². The fourth-order valence-corrected chi connectivity index (χ4v) is 1.66. The Hall–Kier alpha value is -0.990. The Morgan fingerprint density at radius 2 is 1.94 bits per heavy atom. The van der Waals surface area contributed by atoms with Crippen LogP contribution in [0.25, 0.3) is 0 Å². The highest BCUT2D eigenvalue weighted by Crippen LogP contribution is 2.05. The molecule has 0 aliphatic heterocycles. The van der Waals surface area contributed by atoms with Crippen LogP contribution in [0.15, 0.2) is 0 Å². The van der Waals surface area contributed by atoms with Crippen LogP contribution >= 0.6 is 11.8 Å². The summed E-state index contributed by atoms with van der Waals surface area (Å²) < 4.78 is 0. The number of hydrogen-bond acceptors (Lipinski definition) is 5. The molecule has 8 heteroatoms. The van der Waals surface area contributed by atoms with Crippen molar-refractivity contribution in [3.63, 3.8) is 0 Å². The Kier molecular flexibility index (Phi) is 7.72. The molecule has 1 unspecified atom stereocenters. The Labute approximate surface area is 110 Å². The number of aliphatic hydroxyl groups excluding tert-OH is 2. The van der Waals surface area contributed by atoms with E-state index in [2.05, 4.69) is 10.6 Å². The third kappa shape index (κ3) is 6.08. The number of carbonyl (C=O) groups is 2. The van der Waals surface area contributed by atoms with Crippen molar-refractivity contribution < 1.29 is 19.8 Å². The number of rotatable bonds is 8. The minimum Gasteiger partial charge on any atom is -0.394 e. The van der Waals surface area contributed by atoms with Crippen molar-refractivity contribution in [2.75, 3.05) is 25.2 Å². The maximum absolute atomic E-state index is 11.9. The topological polar surface area (TPSA) is 125 Å². The largest absolute Gasteiger partial charge is 0.394 e. The smallest absolute Gasteiger partial charge is 0.312 e. The Morgan fingerprint density at radius 3 is 2.33 bits per heavy atom. The number of amides is 3. The van der Waals surface area contributed by atoms with Gasteiger partial charge in [-0.1, -0.05) is 0 Å². The fourth-order valence-electron chi connectivity index (χ4n) is 1.19. The van der Waals surface area contributed by atoms with Gasteiger partial charge in [0.1, 0.15) is 6.04 Å². The molecule has 106 valence electrons. The van der Waals surface area contributed by atoms with Crippen molar-refractivity contribution in [1.82, 2.24) is 10.6 Å². The molecule has 1 atom stereocenters. The summed E-state index contributed by atoms with van der Waals surface area (Å²) in [7, 11) is 0. The fraction of sp³-hybridized carbons (Fsp3) is 0.800. The maximum atomic E-state index is 11.9. The lowest BCUT2D eigenvalue weighted by molar-refractivity contribution is -0.126. The molecule has 0 radical (unpaired) electrons. The van der Waals surface area contributed by atoms with Gasteiger partial charge in [0.2, 0.25) is 5.91 Å². The first-order valence-corrected chi connectivity index (χ1v) is 6.86. The minimum atomic E-state index is -1.12. The first-order valence-electron chi connectivity index (χ1n) is 5.47. The second-order valence-electron chi connectivity index (χ2n) is 4.21. The quantitative estimate of drug-likeness (QED) is 0.375. The third-order valence-corrected chi connectivity index (χ3v) is 3.01. The first-order chi connectivity index (χ1) is 8.38. The summed E-state index contributed by atoms with van der Waals surface area (Å²) in [4.78, 5) is 22.7. The van der Waals surface area contributed by atoms with Crippen molar-refractivity contribution in [3.8, 4) is 0 Å². The molecule has 0 saturated carbocycles. The van der Waals surface area contributed by atoms with Crippen LogP contribution in [0.5, 0.6) is 0 Å². The highest BCUT2D eigenvalue weighted by atomic mass is 32.2. The minimum absolute atomic E-state index is 0.402. The normalized spacial score (nSPS) is 12.9. The van der Waals surface area contributed by atoms with Gasteiger partial charge in [-0.2, -0.15) is 11.8 Å². The van der Waals surface area contributed by atoms with Crippen molar-refractivity contribution in [3.05, 3.63) is 0 Å². The zero-order valence-electron chi connectivity index (χ0n) is 10.6. The lowest BCUT2D eigenvalue weighted by Crippen LogP contribution is -2.58. The predicted octanol–water partition coefficient (Wildman–Crippen LogP) is -1.36. The maximum Gasteiger partial charge on any atom is 0.312 e. The molecular formula is C10H21N3O4S. The molecular weight excluding hydrogens is 258 g/mol. The number of nitrogens with two attached hydrogens (primary N) is 1. The van der Waals surface area contributed by atoms with Gasteiger partial charge in [0.05, 0.1) is 18.8 Å². The average molecular weight is 279 g/mol. The second-order valence-corrected chi connectivity index (χ2v) is 5.19. The standard InChI is InChI=1S/C10H21N3O4S/c1-10(5-14,6-15)13-8(16)7(3-4-18-2)12-9(11)17/h7,14-15H,3-6H2,1-2H3,(H,13,16)(H3,11,12,17). The number of primary amides is 1. The van der Waals surface area contributed by atoms with Gasteiger partial charge in [-0.05, 0) is 25.4 Å². The second kappa shape index (κ2) is 8.17. The number of aliphatic hydroxyl groups is 2. The number of nitrogens with one attached hydrogen (secondary N) is 2. The number of urea groups is 1. The average Bonchev–Trinajstić information content (AvgIpc) is 2.33. The summed E-state index contributed by atoms with van der Waals surface area (Å²) >= 11 is 1.53.